The van der Waals surface area contributed by atoms with Crippen molar-refractivity contribution >= 4 is 17.3 Å². The van der Waals surface area contributed by atoms with Gasteiger partial charge in [0.05, 0.1) is 4.92 Å². The molecule has 1 fully saturated rings. The topological polar surface area (TPSA) is 122 Å². The van der Waals surface area contributed by atoms with E-state index in [1.54, 1.807) is 0 Å². The summed E-state index contributed by atoms with van der Waals surface area (Å²) in [5.74, 6) is 5.41. The highest BCUT2D eigenvalue weighted by Crippen LogP contribution is 2.28. The minimum Gasteiger partial charge on any atom is -0.363 e. The Morgan fingerprint density at radius 2 is 2.20 bits per heavy atom. The molecule has 0 radical (unpaired) electrons. The van der Waals surface area contributed by atoms with Gasteiger partial charge in [0, 0.05) is 19.1 Å². The minimum absolute atomic E-state index is 0.00189. The molecule has 2 rings (SSSR count). The van der Waals surface area contributed by atoms with E-state index in [0.717, 1.165) is 13.1 Å². The molecule has 0 spiro atoms. The van der Waals surface area contributed by atoms with Gasteiger partial charge < -0.3 is 10.7 Å². The van der Waals surface area contributed by atoms with Crippen molar-refractivity contribution in [3.05, 3.63) is 16.4 Å². The fourth-order valence-corrected chi connectivity index (χ4v) is 2.14. The molecule has 4 N–H and O–H groups in total. The smallest absolute Gasteiger partial charge is 0.354 e. The van der Waals surface area contributed by atoms with Crippen LogP contribution in [0.2, 0.25) is 0 Å². The van der Waals surface area contributed by atoms with Crippen LogP contribution < -0.4 is 16.6 Å². The highest BCUT2D eigenvalue weighted by atomic mass is 16.6. The lowest BCUT2D eigenvalue weighted by Gasteiger charge is -2.19. The molecule has 9 heteroatoms. The summed E-state index contributed by atoms with van der Waals surface area (Å²) in [6, 6.07) is 0.670. The predicted octanol–water partition coefficient (Wildman–Crippen LogP) is 0.567. The van der Waals surface area contributed by atoms with Crippen molar-refractivity contribution in [2.75, 3.05) is 30.4 Å². The number of anilines is 2. The number of hydrogen-bond acceptors (Lipinski definition) is 8. The normalized spacial score (nSPS) is 14.3. The largest absolute Gasteiger partial charge is 0.363 e. The van der Waals surface area contributed by atoms with Gasteiger partial charge >= 0.3 is 5.69 Å². The molecule has 1 aromatic rings. The quantitative estimate of drug-likeness (QED) is 0.359. The predicted molar refractivity (Wildman–Crippen MR) is 75.3 cm³/mol. The van der Waals surface area contributed by atoms with Crippen molar-refractivity contribution in [3.63, 3.8) is 0 Å². The molecule has 1 aliphatic carbocycles. The Kier molecular flexibility index (Phi) is 4.64. The lowest BCUT2D eigenvalue weighted by Crippen LogP contribution is -2.31. The highest BCUT2D eigenvalue weighted by molar-refractivity contribution is 5.68. The van der Waals surface area contributed by atoms with E-state index in [0.29, 0.717) is 12.6 Å². The molecule has 1 aliphatic rings. The summed E-state index contributed by atoms with van der Waals surface area (Å²) < 4.78 is 0. The van der Waals surface area contributed by atoms with E-state index in [1.165, 1.54) is 19.2 Å². The number of likely N-dealkylation sites (N-methyl/N-ethyl adjacent to an activating group) is 1. The SMILES string of the molecule is CCN(CCNc1ncnc(NN)c1[N+](=O)[O-])C1CC1. The number of nitro groups is 1. The Morgan fingerprint density at radius 1 is 1.50 bits per heavy atom. The molecule has 1 saturated carbocycles. The standard InChI is InChI=1S/C11H19N7O2/c1-2-17(8-3-4-8)6-5-13-10-9(18(19)20)11(16-12)15-7-14-10/h7-8H,2-6,12H2,1H3,(H2,13,14,15,16). The third-order valence-electron chi connectivity index (χ3n) is 3.30. The third kappa shape index (κ3) is 3.31. The number of aromatic nitrogens is 2. The van der Waals surface area contributed by atoms with Crippen LogP contribution in [0.3, 0.4) is 0 Å². The third-order valence-corrected chi connectivity index (χ3v) is 3.30. The summed E-state index contributed by atoms with van der Waals surface area (Å²) in [5.41, 5.74) is 1.98. The number of nitrogens with one attached hydrogen (secondary N) is 2. The molecule has 0 unspecified atom stereocenters. The Morgan fingerprint density at radius 3 is 2.75 bits per heavy atom. The van der Waals surface area contributed by atoms with Crippen molar-refractivity contribution in [2.45, 2.75) is 25.8 Å². The van der Waals surface area contributed by atoms with Crippen molar-refractivity contribution < 1.29 is 4.92 Å². The Bertz CT molecular complexity index is 478. The van der Waals surface area contributed by atoms with Gasteiger partial charge in [-0.25, -0.2) is 15.8 Å². The fourth-order valence-electron chi connectivity index (χ4n) is 2.14. The van der Waals surface area contributed by atoms with Crippen molar-refractivity contribution in [1.29, 1.82) is 0 Å². The molecule has 0 bridgehead atoms. The number of hydrazine groups is 1. The second-order valence-electron chi connectivity index (χ2n) is 4.61. The van der Waals surface area contributed by atoms with E-state index in [-0.39, 0.29) is 17.3 Å². The van der Waals surface area contributed by atoms with Crippen LogP contribution in [0.15, 0.2) is 6.33 Å². The van der Waals surface area contributed by atoms with Gasteiger partial charge in [-0.15, -0.1) is 0 Å². The molecule has 0 amide bonds. The molecule has 0 atom stereocenters. The molecule has 20 heavy (non-hydrogen) atoms. The molecule has 110 valence electrons. The lowest BCUT2D eigenvalue weighted by atomic mass is 10.4. The number of rotatable bonds is 8. The van der Waals surface area contributed by atoms with Gasteiger partial charge in [-0.05, 0) is 19.4 Å². The maximum atomic E-state index is 11.1. The van der Waals surface area contributed by atoms with E-state index < -0.39 is 4.92 Å². The average Bonchev–Trinajstić information content (AvgIpc) is 3.27. The van der Waals surface area contributed by atoms with Crippen LogP contribution in [0.1, 0.15) is 19.8 Å². The number of hydrogen-bond donors (Lipinski definition) is 3. The molecule has 0 aliphatic heterocycles. The van der Waals surface area contributed by atoms with Crippen molar-refractivity contribution in [1.82, 2.24) is 14.9 Å². The molecular weight excluding hydrogens is 262 g/mol. The van der Waals surface area contributed by atoms with Gasteiger partial charge in [-0.1, -0.05) is 6.92 Å². The molecule has 1 aromatic heterocycles. The number of nitrogen functional groups attached to an aromatic ring is 1. The molecular formula is C11H19N7O2. The summed E-state index contributed by atoms with van der Waals surface area (Å²) in [4.78, 5) is 20.5. The second-order valence-corrected chi connectivity index (χ2v) is 4.61. The first-order chi connectivity index (χ1) is 9.67. The van der Waals surface area contributed by atoms with Crippen LogP contribution in [0.25, 0.3) is 0 Å². The zero-order valence-electron chi connectivity index (χ0n) is 11.4. The van der Waals surface area contributed by atoms with Gasteiger partial charge in [-0.2, -0.15) is 0 Å². The monoisotopic (exact) mass is 281 g/mol. The Hall–Kier alpha value is -2.00. The number of nitrogens with two attached hydrogens (primary N) is 1. The van der Waals surface area contributed by atoms with Gasteiger partial charge in [0.15, 0.2) is 0 Å². The first-order valence-electron chi connectivity index (χ1n) is 6.61. The minimum atomic E-state index is -0.546. The molecule has 9 nitrogen and oxygen atoms in total. The van der Waals surface area contributed by atoms with Crippen LogP contribution in [0.5, 0.6) is 0 Å². The first kappa shape index (κ1) is 14.4. The lowest BCUT2D eigenvalue weighted by molar-refractivity contribution is -0.383. The van der Waals surface area contributed by atoms with Crippen LogP contribution in [-0.2, 0) is 0 Å². The van der Waals surface area contributed by atoms with Crippen LogP contribution in [0.4, 0.5) is 17.3 Å². The van der Waals surface area contributed by atoms with E-state index in [4.69, 9.17) is 5.84 Å². The fraction of sp³-hybridized carbons (Fsp3) is 0.636. The first-order valence-corrected chi connectivity index (χ1v) is 6.61. The van der Waals surface area contributed by atoms with Gasteiger partial charge in [0.2, 0.25) is 11.6 Å². The summed E-state index contributed by atoms with van der Waals surface area (Å²) in [6.07, 6.45) is 3.72. The van der Waals surface area contributed by atoms with Crippen molar-refractivity contribution in [3.8, 4) is 0 Å². The van der Waals surface area contributed by atoms with Crippen LogP contribution in [0, 0.1) is 10.1 Å². The van der Waals surface area contributed by atoms with E-state index in [9.17, 15) is 10.1 Å². The maximum Gasteiger partial charge on any atom is 0.354 e. The Labute approximate surface area is 116 Å². The van der Waals surface area contributed by atoms with Crippen LogP contribution in [-0.4, -0.2) is 45.5 Å². The zero-order chi connectivity index (χ0) is 14.5. The van der Waals surface area contributed by atoms with Gasteiger partial charge in [0.25, 0.3) is 0 Å². The highest BCUT2D eigenvalue weighted by Gasteiger charge is 2.27. The summed E-state index contributed by atoms with van der Waals surface area (Å²) in [7, 11) is 0. The average molecular weight is 281 g/mol. The summed E-state index contributed by atoms with van der Waals surface area (Å²) in [5, 5.41) is 14.0. The summed E-state index contributed by atoms with van der Waals surface area (Å²) >= 11 is 0. The van der Waals surface area contributed by atoms with E-state index >= 15 is 0 Å². The van der Waals surface area contributed by atoms with Crippen molar-refractivity contribution in [2.24, 2.45) is 5.84 Å². The van der Waals surface area contributed by atoms with E-state index in [1.807, 2.05) is 0 Å². The molecule has 0 saturated heterocycles. The van der Waals surface area contributed by atoms with Crippen LogP contribution >= 0.6 is 0 Å². The zero-order valence-corrected chi connectivity index (χ0v) is 11.4. The van der Waals surface area contributed by atoms with E-state index in [2.05, 4.69) is 32.5 Å². The number of nitrogens with zero attached hydrogens (tertiary/aromatic N) is 4. The molecule has 0 aromatic carbocycles. The second kappa shape index (κ2) is 6.44. The summed E-state index contributed by atoms with van der Waals surface area (Å²) in [6.45, 7) is 4.51. The molecule has 1 heterocycles. The van der Waals surface area contributed by atoms with Gasteiger partial charge in [-0.3, -0.25) is 15.0 Å². The Balaban J connectivity index is 1.99. The van der Waals surface area contributed by atoms with Gasteiger partial charge in [0.1, 0.15) is 6.33 Å². The maximum absolute atomic E-state index is 11.1.